The number of hydrogen-bond acceptors (Lipinski definition) is 2. The molecule has 0 radical (unpaired) electrons. The standard InChI is InChI=1S/C21H20N2O2/c1-13-6-7-17-15(10-13)16-12-23(9-8-18(16)22-17)21(24)20-11-14-4-2-3-5-19(14)25-20/h2-7,10,20,22H,8-9,11-12H2,1H3/t20-/m1/s1. The molecule has 4 nitrogen and oxygen atoms in total. The second-order valence-electron chi connectivity index (χ2n) is 7.06. The average Bonchev–Trinajstić information content (AvgIpc) is 3.21. The van der Waals surface area contributed by atoms with Crippen molar-refractivity contribution in [3.05, 3.63) is 64.8 Å². The van der Waals surface area contributed by atoms with Gasteiger partial charge in [-0.15, -0.1) is 0 Å². The van der Waals surface area contributed by atoms with Gasteiger partial charge < -0.3 is 14.6 Å². The number of aryl methyl sites for hydroxylation is 1. The Morgan fingerprint density at radius 3 is 3.00 bits per heavy atom. The molecule has 1 aromatic heterocycles. The molecule has 0 spiro atoms. The van der Waals surface area contributed by atoms with Gasteiger partial charge in [-0.25, -0.2) is 0 Å². The summed E-state index contributed by atoms with van der Waals surface area (Å²) in [5.41, 5.74) is 6.05. The van der Waals surface area contributed by atoms with Crippen LogP contribution in [0.15, 0.2) is 42.5 Å². The highest BCUT2D eigenvalue weighted by molar-refractivity contribution is 5.87. The quantitative estimate of drug-likeness (QED) is 0.743. The molecule has 2 aliphatic rings. The summed E-state index contributed by atoms with van der Waals surface area (Å²) < 4.78 is 5.90. The number of benzene rings is 2. The van der Waals surface area contributed by atoms with Crippen LogP contribution >= 0.6 is 0 Å². The normalized spacial score (nSPS) is 18.8. The van der Waals surface area contributed by atoms with Crippen LogP contribution in [0.25, 0.3) is 10.9 Å². The van der Waals surface area contributed by atoms with E-state index in [0.29, 0.717) is 13.0 Å². The van der Waals surface area contributed by atoms with Gasteiger partial charge in [0.2, 0.25) is 0 Å². The van der Waals surface area contributed by atoms with Crippen molar-refractivity contribution < 1.29 is 9.53 Å². The zero-order valence-corrected chi connectivity index (χ0v) is 14.2. The summed E-state index contributed by atoms with van der Waals surface area (Å²) in [5.74, 6) is 0.949. The van der Waals surface area contributed by atoms with Crippen molar-refractivity contribution in [1.82, 2.24) is 9.88 Å². The number of nitrogens with one attached hydrogen (secondary N) is 1. The van der Waals surface area contributed by atoms with Gasteiger partial charge in [-0.05, 0) is 30.7 Å². The van der Waals surface area contributed by atoms with E-state index in [1.807, 2.05) is 29.2 Å². The van der Waals surface area contributed by atoms with Crippen molar-refractivity contribution >= 4 is 16.8 Å². The monoisotopic (exact) mass is 332 g/mol. The topological polar surface area (TPSA) is 45.3 Å². The van der Waals surface area contributed by atoms with E-state index < -0.39 is 0 Å². The number of rotatable bonds is 1. The number of ether oxygens (including phenoxy) is 1. The minimum atomic E-state index is -0.383. The predicted octanol–water partition coefficient (Wildman–Crippen LogP) is 3.36. The fourth-order valence-electron chi connectivity index (χ4n) is 4.04. The van der Waals surface area contributed by atoms with Gasteiger partial charge in [-0.1, -0.05) is 29.8 Å². The van der Waals surface area contributed by atoms with Crippen LogP contribution in [0.5, 0.6) is 5.75 Å². The summed E-state index contributed by atoms with van der Waals surface area (Å²) in [5, 5.41) is 1.24. The molecule has 1 atom stereocenters. The molecule has 1 amide bonds. The zero-order chi connectivity index (χ0) is 17.0. The Balaban J connectivity index is 1.41. The van der Waals surface area contributed by atoms with Crippen LogP contribution in [0, 0.1) is 6.92 Å². The van der Waals surface area contributed by atoms with Crippen LogP contribution in [0.3, 0.4) is 0 Å². The summed E-state index contributed by atoms with van der Waals surface area (Å²) in [6.07, 6.45) is 1.16. The van der Waals surface area contributed by atoms with Crippen molar-refractivity contribution in [3.63, 3.8) is 0 Å². The third-order valence-corrected chi connectivity index (χ3v) is 5.36. The lowest BCUT2D eigenvalue weighted by molar-refractivity contribution is -0.138. The van der Waals surface area contributed by atoms with Crippen molar-refractivity contribution in [2.24, 2.45) is 0 Å². The molecule has 126 valence electrons. The maximum absolute atomic E-state index is 13.0. The lowest BCUT2D eigenvalue weighted by atomic mass is 10.0. The second-order valence-corrected chi connectivity index (χ2v) is 7.06. The zero-order valence-electron chi connectivity index (χ0n) is 14.2. The number of carbonyl (C=O) groups excluding carboxylic acids is 1. The molecule has 5 rings (SSSR count). The van der Waals surface area contributed by atoms with Crippen LogP contribution in [-0.4, -0.2) is 28.4 Å². The van der Waals surface area contributed by atoms with Gasteiger partial charge in [0.25, 0.3) is 5.91 Å². The molecule has 0 unspecified atom stereocenters. The Morgan fingerprint density at radius 1 is 1.24 bits per heavy atom. The van der Waals surface area contributed by atoms with Gasteiger partial charge in [0.1, 0.15) is 5.75 Å². The maximum atomic E-state index is 13.0. The second kappa shape index (κ2) is 5.38. The van der Waals surface area contributed by atoms with Gasteiger partial charge in [-0.2, -0.15) is 0 Å². The number of H-pyrrole nitrogens is 1. The summed E-state index contributed by atoms with van der Waals surface area (Å²) >= 11 is 0. The third kappa shape index (κ3) is 2.32. The lowest BCUT2D eigenvalue weighted by Gasteiger charge is -2.29. The third-order valence-electron chi connectivity index (χ3n) is 5.36. The van der Waals surface area contributed by atoms with Gasteiger partial charge >= 0.3 is 0 Å². The van der Waals surface area contributed by atoms with Crippen LogP contribution in [0.4, 0.5) is 0 Å². The van der Waals surface area contributed by atoms with E-state index in [4.69, 9.17) is 4.74 Å². The van der Waals surface area contributed by atoms with E-state index in [0.717, 1.165) is 29.8 Å². The molecule has 3 aromatic rings. The van der Waals surface area contributed by atoms with E-state index in [1.165, 1.54) is 22.2 Å². The average molecular weight is 332 g/mol. The van der Waals surface area contributed by atoms with Crippen LogP contribution in [0.2, 0.25) is 0 Å². The molecule has 3 heterocycles. The molecule has 1 N–H and O–H groups in total. The fraction of sp³-hybridized carbons (Fsp3) is 0.286. The van der Waals surface area contributed by atoms with Crippen molar-refractivity contribution in [1.29, 1.82) is 0 Å². The number of para-hydroxylation sites is 1. The first-order valence-corrected chi connectivity index (χ1v) is 8.82. The minimum absolute atomic E-state index is 0.101. The first-order valence-electron chi connectivity index (χ1n) is 8.82. The molecule has 0 fully saturated rings. The number of aromatic amines is 1. The summed E-state index contributed by atoms with van der Waals surface area (Å²) in [7, 11) is 0. The Labute approximate surface area is 146 Å². The molecular weight excluding hydrogens is 312 g/mol. The Hall–Kier alpha value is -2.75. The molecule has 2 aromatic carbocycles. The van der Waals surface area contributed by atoms with E-state index in [9.17, 15) is 4.79 Å². The fourth-order valence-corrected chi connectivity index (χ4v) is 4.04. The molecule has 2 aliphatic heterocycles. The van der Waals surface area contributed by atoms with E-state index in [-0.39, 0.29) is 12.0 Å². The number of amides is 1. The molecule has 0 saturated carbocycles. The summed E-state index contributed by atoms with van der Waals surface area (Å²) in [6.45, 7) is 3.51. The molecule has 4 heteroatoms. The SMILES string of the molecule is Cc1ccc2[nH]c3c(c2c1)CN(C(=O)[C@H]1Cc2ccccc2O1)CC3. The highest BCUT2D eigenvalue weighted by Gasteiger charge is 2.34. The number of hydrogen-bond donors (Lipinski definition) is 1. The molecule has 0 saturated heterocycles. The largest absolute Gasteiger partial charge is 0.480 e. The molecular formula is C21H20N2O2. The minimum Gasteiger partial charge on any atom is -0.480 e. The molecule has 0 aliphatic carbocycles. The maximum Gasteiger partial charge on any atom is 0.264 e. The van der Waals surface area contributed by atoms with Gasteiger partial charge in [0, 0.05) is 48.1 Å². The van der Waals surface area contributed by atoms with E-state index in [2.05, 4.69) is 30.1 Å². The first-order chi connectivity index (χ1) is 12.2. The van der Waals surface area contributed by atoms with Gasteiger partial charge in [-0.3, -0.25) is 4.79 Å². The summed E-state index contributed by atoms with van der Waals surface area (Å²) in [6, 6.07) is 14.4. The van der Waals surface area contributed by atoms with Crippen LogP contribution in [0.1, 0.15) is 22.4 Å². The number of carbonyl (C=O) groups is 1. The van der Waals surface area contributed by atoms with Gasteiger partial charge in [0.15, 0.2) is 6.10 Å². The van der Waals surface area contributed by atoms with E-state index in [1.54, 1.807) is 0 Å². The van der Waals surface area contributed by atoms with E-state index >= 15 is 0 Å². The van der Waals surface area contributed by atoms with Crippen molar-refractivity contribution in [3.8, 4) is 5.75 Å². The Morgan fingerprint density at radius 2 is 2.12 bits per heavy atom. The van der Waals surface area contributed by atoms with Crippen molar-refractivity contribution in [2.75, 3.05) is 6.54 Å². The first kappa shape index (κ1) is 14.6. The number of fused-ring (bicyclic) bond motifs is 4. The Bertz CT molecular complexity index is 964. The number of nitrogens with zero attached hydrogens (tertiary/aromatic N) is 1. The van der Waals surface area contributed by atoms with Crippen LogP contribution in [-0.2, 0) is 24.2 Å². The van der Waals surface area contributed by atoms with Crippen LogP contribution < -0.4 is 4.74 Å². The molecule has 0 bridgehead atoms. The van der Waals surface area contributed by atoms with Gasteiger partial charge in [0.05, 0.1) is 0 Å². The smallest absolute Gasteiger partial charge is 0.264 e. The summed E-state index contributed by atoms with van der Waals surface area (Å²) in [4.78, 5) is 18.5. The molecule has 25 heavy (non-hydrogen) atoms. The predicted molar refractivity (Wildman–Crippen MR) is 96.7 cm³/mol. The highest BCUT2D eigenvalue weighted by atomic mass is 16.5. The van der Waals surface area contributed by atoms with Crippen molar-refractivity contribution in [2.45, 2.75) is 32.4 Å². The highest BCUT2D eigenvalue weighted by Crippen LogP contribution is 2.32. The lowest BCUT2D eigenvalue weighted by Crippen LogP contribution is -2.43. The Kier molecular flexibility index (Phi) is 3.14. The number of aromatic nitrogens is 1.